The Bertz CT molecular complexity index is 1980. The molecule has 0 unspecified atom stereocenters. The predicted molar refractivity (Wildman–Crippen MR) is 172 cm³/mol. The van der Waals surface area contributed by atoms with Crippen LogP contribution in [0.15, 0.2) is 24.3 Å². The van der Waals surface area contributed by atoms with E-state index in [2.05, 4.69) is 16.9 Å². The first-order chi connectivity index (χ1) is 23.2. The van der Waals surface area contributed by atoms with Crippen molar-refractivity contribution in [3.8, 4) is 17.1 Å². The molecule has 0 spiro atoms. The zero-order chi connectivity index (χ0) is 34.7. The van der Waals surface area contributed by atoms with Gasteiger partial charge in [0, 0.05) is 53.5 Å². The summed E-state index contributed by atoms with van der Waals surface area (Å²) in [4.78, 5) is 13.2. The van der Waals surface area contributed by atoms with Crippen molar-refractivity contribution in [2.75, 3.05) is 36.9 Å². The van der Waals surface area contributed by atoms with E-state index in [9.17, 15) is 26.3 Å². The molecule has 5 aliphatic heterocycles. The highest BCUT2D eigenvalue weighted by molar-refractivity contribution is 6.37. The number of fused-ring (bicyclic) bond motifs is 6. The summed E-state index contributed by atoms with van der Waals surface area (Å²) in [6, 6.07) is 0.449. The molecule has 8 rings (SSSR count). The van der Waals surface area contributed by atoms with Gasteiger partial charge in [-0.1, -0.05) is 18.2 Å². The van der Waals surface area contributed by atoms with Crippen molar-refractivity contribution in [1.82, 2.24) is 20.2 Å². The lowest BCUT2D eigenvalue weighted by Crippen LogP contribution is -2.58. The molecule has 2 aromatic carbocycles. The first-order valence-corrected chi connectivity index (χ1v) is 16.6. The molecule has 260 valence electrons. The molecule has 5 aliphatic rings. The third-order valence-electron chi connectivity index (χ3n) is 11.1. The molecule has 3 N–H and O–H groups in total. The molecular weight excluding hydrogens is 677 g/mol. The molecule has 15 heteroatoms. The molecular formula is C34H32ClF7N6O. The van der Waals surface area contributed by atoms with Crippen LogP contribution in [-0.4, -0.2) is 64.8 Å². The predicted octanol–water partition coefficient (Wildman–Crippen LogP) is 7.63. The van der Waals surface area contributed by atoms with E-state index in [1.807, 2.05) is 9.80 Å². The number of nitrogens with one attached hydrogen (secondary N) is 1. The van der Waals surface area contributed by atoms with Gasteiger partial charge in [-0.2, -0.15) is 31.9 Å². The summed E-state index contributed by atoms with van der Waals surface area (Å²) in [5.74, 6) is -2.16. The van der Waals surface area contributed by atoms with E-state index in [0.717, 1.165) is 32.3 Å². The number of nitrogens with zero attached hydrogens (tertiary/aromatic N) is 4. The monoisotopic (exact) mass is 708 g/mol. The van der Waals surface area contributed by atoms with Crippen LogP contribution in [0.25, 0.3) is 27.6 Å². The Balaban J connectivity index is 1.35. The minimum absolute atomic E-state index is 0.0314. The molecule has 1 aromatic heterocycles. The minimum atomic E-state index is -5.10. The van der Waals surface area contributed by atoms with Crippen LogP contribution in [0.5, 0.6) is 6.01 Å². The SMILES string of the molecule is C=C1C[C@@H]2[C@@H]3CC[C@H](CN2c2nc(OC[C@@]45CCCN4CC(=C(F)F)C5)nc4c(F)c(-c5cc(N)c(F)c(C)c5C(F)(F)F)c(Cl)c1c24)N3. The van der Waals surface area contributed by atoms with Crippen LogP contribution in [-0.2, 0) is 6.18 Å². The summed E-state index contributed by atoms with van der Waals surface area (Å²) in [7, 11) is 0. The Labute approximate surface area is 281 Å². The average molecular weight is 709 g/mol. The Hall–Kier alpha value is -3.62. The maximum atomic E-state index is 17.1. The van der Waals surface area contributed by atoms with Gasteiger partial charge in [0.25, 0.3) is 6.08 Å². The van der Waals surface area contributed by atoms with Crippen LogP contribution in [0, 0.1) is 18.6 Å². The van der Waals surface area contributed by atoms with Crippen LogP contribution in [0.4, 0.5) is 42.2 Å². The topological polar surface area (TPSA) is 79.5 Å². The molecule has 49 heavy (non-hydrogen) atoms. The normalized spacial score (nSPS) is 26.4. The number of anilines is 2. The Kier molecular flexibility index (Phi) is 7.44. The number of ether oxygens (including phenoxy) is 1. The number of nitrogens with two attached hydrogens (primary N) is 1. The van der Waals surface area contributed by atoms with Gasteiger partial charge >= 0.3 is 12.2 Å². The fraction of sp³-hybridized carbons (Fsp3) is 0.471. The van der Waals surface area contributed by atoms with E-state index in [4.69, 9.17) is 27.1 Å². The third kappa shape index (κ3) is 4.91. The minimum Gasteiger partial charge on any atom is -0.461 e. The second kappa shape index (κ2) is 11.2. The van der Waals surface area contributed by atoms with E-state index in [1.54, 1.807) is 0 Å². The van der Waals surface area contributed by atoms with Gasteiger partial charge < -0.3 is 20.7 Å². The molecule has 6 heterocycles. The molecule has 7 nitrogen and oxygen atoms in total. The molecule has 4 atom stereocenters. The van der Waals surface area contributed by atoms with Crippen LogP contribution in [0.3, 0.4) is 0 Å². The van der Waals surface area contributed by atoms with E-state index in [1.165, 1.54) is 0 Å². The molecule has 0 amide bonds. The molecule has 4 fully saturated rings. The van der Waals surface area contributed by atoms with Crippen molar-refractivity contribution in [1.29, 1.82) is 0 Å². The van der Waals surface area contributed by atoms with Gasteiger partial charge in [0.15, 0.2) is 5.82 Å². The number of hydrogen-bond acceptors (Lipinski definition) is 7. The second-order valence-corrected chi connectivity index (χ2v) is 14.3. The average Bonchev–Trinajstić information content (AvgIpc) is 3.70. The van der Waals surface area contributed by atoms with Gasteiger partial charge in [-0.15, -0.1) is 0 Å². The number of aromatic nitrogens is 2. The van der Waals surface area contributed by atoms with Crippen molar-refractivity contribution in [2.45, 2.75) is 75.3 Å². The molecule has 2 bridgehead atoms. The van der Waals surface area contributed by atoms with Gasteiger partial charge in [0.1, 0.15) is 23.8 Å². The highest BCUT2D eigenvalue weighted by Crippen LogP contribution is 2.52. The number of benzene rings is 2. The summed E-state index contributed by atoms with van der Waals surface area (Å²) < 4.78 is 109. The number of hydrogen-bond donors (Lipinski definition) is 2. The molecule has 0 saturated carbocycles. The zero-order valence-electron chi connectivity index (χ0n) is 26.4. The number of piperazine rings is 1. The van der Waals surface area contributed by atoms with Gasteiger partial charge in [0.05, 0.1) is 27.2 Å². The Morgan fingerprint density at radius 3 is 2.69 bits per heavy atom. The number of halogens is 8. The quantitative estimate of drug-likeness (QED) is 0.213. The number of rotatable bonds is 4. The third-order valence-corrected chi connectivity index (χ3v) is 11.5. The van der Waals surface area contributed by atoms with E-state index in [0.29, 0.717) is 37.3 Å². The lowest BCUT2D eigenvalue weighted by atomic mass is 9.88. The van der Waals surface area contributed by atoms with Crippen molar-refractivity contribution >= 4 is 39.6 Å². The number of nitrogen functional groups attached to an aromatic ring is 1. The zero-order valence-corrected chi connectivity index (χ0v) is 27.1. The lowest BCUT2D eigenvalue weighted by Gasteiger charge is -2.41. The smallest absolute Gasteiger partial charge is 0.417 e. The molecule has 0 radical (unpaired) electrons. The Morgan fingerprint density at radius 2 is 1.96 bits per heavy atom. The van der Waals surface area contributed by atoms with Gasteiger partial charge in [-0.25, -0.2) is 8.78 Å². The first kappa shape index (κ1) is 32.6. The first-order valence-electron chi connectivity index (χ1n) is 16.2. The molecule has 4 saturated heterocycles. The van der Waals surface area contributed by atoms with Crippen LogP contribution < -0.4 is 20.7 Å². The standard InChI is InChI=1S/C34H32ClF7N6O/c1-14-8-21-20-5-4-17(44-20)12-48(21)31-24-22(14)26(35)23(18-9-19(43)27(36)15(2)25(18)34(40,41)42)28(37)29(24)45-32(46-31)49-13-33-6-3-7-47(33)11-16(10-33)30(38)39/h9,17,20-21,44H,1,3-8,10-13,43H2,2H3/t17-,20+,21-,33+/m1/s1. The van der Waals surface area contributed by atoms with E-state index in [-0.39, 0.29) is 70.8 Å². The van der Waals surface area contributed by atoms with E-state index >= 15 is 4.39 Å². The highest BCUT2D eigenvalue weighted by Gasteiger charge is 2.49. The maximum absolute atomic E-state index is 17.1. The van der Waals surface area contributed by atoms with Crippen LogP contribution in [0.2, 0.25) is 5.02 Å². The highest BCUT2D eigenvalue weighted by atomic mass is 35.5. The summed E-state index contributed by atoms with van der Waals surface area (Å²) >= 11 is 6.94. The lowest BCUT2D eigenvalue weighted by molar-refractivity contribution is -0.137. The van der Waals surface area contributed by atoms with Crippen molar-refractivity contribution in [3.63, 3.8) is 0 Å². The van der Waals surface area contributed by atoms with Gasteiger partial charge in [-0.05, 0) is 69.2 Å². The Morgan fingerprint density at radius 1 is 1.18 bits per heavy atom. The van der Waals surface area contributed by atoms with Crippen molar-refractivity contribution in [2.24, 2.45) is 0 Å². The molecule has 3 aromatic rings. The van der Waals surface area contributed by atoms with Crippen molar-refractivity contribution < 1.29 is 35.5 Å². The molecule has 0 aliphatic carbocycles. The van der Waals surface area contributed by atoms with Gasteiger partial charge in [-0.3, -0.25) is 4.90 Å². The van der Waals surface area contributed by atoms with Crippen LogP contribution >= 0.6 is 11.6 Å². The maximum Gasteiger partial charge on any atom is 0.417 e. The number of alkyl halides is 3. The summed E-state index contributed by atoms with van der Waals surface area (Å²) in [6.07, 6.45) is -3.22. The largest absolute Gasteiger partial charge is 0.461 e. The fourth-order valence-electron chi connectivity index (χ4n) is 8.89. The van der Waals surface area contributed by atoms with Crippen molar-refractivity contribution in [3.05, 3.63) is 57.6 Å². The van der Waals surface area contributed by atoms with E-state index < -0.39 is 57.4 Å². The summed E-state index contributed by atoms with van der Waals surface area (Å²) in [5.41, 5.74) is 1.21. The van der Waals surface area contributed by atoms with Gasteiger partial charge in [0.2, 0.25) is 0 Å². The summed E-state index contributed by atoms with van der Waals surface area (Å²) in [6.45, 7) is 6.36. The van der Waals surface area contributed by atoms with Crippen LogP contribution in [0.1, 0.15) is 55.2 Å². The summed E-state index contributed by atoms with van der Waals surface area (Å²) in [5, 5.41) is 3.44. The fourth-order valence-corrected chi connectivity index (χ4v) is 9.31. The second-order valence-electron chi connectivity index (χ2n) is 13.9.